The number of amides is 1. The fourth-order valence-electron chi connectivity index (χ4n) is 3.43. The Kier molecular flexibility index (Phi) is 8.08. The van der Waals surface area contributed by atoms with Crippen molar-refractivity contribution in [3.8, 4) is 11.5 Å². The van der Waals surface area contributed by atoms with Gasteiger partial charge in [0.05, 0.1) is 25.2 Å². The predicted molar refractivity (Wildman–Crippen MR) is 126 cm³/mol. The van der Waals surface area contributed by atoms with Crippen molar-refractivity contribution in [2.24, 2.45) is 0 Å². The molecule has 0 spiro atoms. The summed E-state index contributed by atoms with van der Waals surface area (Å²) in [5.74, 6) is 0.373. The molecule has 0 aliphatic carbocycles. The number of sulfonamides is 1. The first-order chi connectivity index (χ1) is 15.8. The summed E-state index contributed by atoms with van der Waals surface area (Å²) >= 11 is 0. The van der Waals surface area contributed by atoms with Crippen molar-refractivity contribution in [2.75, 3.05) is 14.2 Å². The number of nitrogens with one attached hydrogen (secondary N) is 1. The van der Waals surface area contributed by atoms with Crippen LogP contribution in [0.3, 0.4) is 0 Å². The van der Waals surface area contributed by atoms with E-state index in [1.165, 1.54) is 32.4 Å². The minimum atomic E-state index is -3.97. The highest BCUT2D eigenvalue weighted by molar-refractivity contribution is 7.89. The van der Waals surface area contributed by atoms with Crippen molar-refractivity contribution in [2.45, 2.75) is 31.0 Å². The van der Waals surface area contributed by atoms with Gasteiger partial charge in [-0.15, -0.1) is 0 Å². The van der Waals surface area contributed by atoms with E-state index in [1.54, 1.807) is 11.8 Å². The van der Waals surface area contributed by atoms with E-state index in [0.29, 0.717) is 18.8 Å². The Morgan fingerprint density at radius 2 is 1.36 bits per heavy atom. The van der Waals surface area contributed by atoms with Gasteiger partial charge in [-0.2, -0.15) is 4.72 Å². The van der Waals surface area contributed by atoms with Gasteiger partial charge in [0.15, 0.2) is 11.5 Å². The molecule has 0 aliphatic heterocycles. The van der Waals surface area contributed by atoms with Crippen LogP contribution < -0.4 is 14.2 Å². The average Bonchev–Trinajstić information content (AvgIpc) is 2.83. The SMILES string of the molecule is COc1ccc(S(=O)(=O)N[C@H](C)C(=O)N(Cc2ccccc2)Cc2ccccc2)cc1OC. The normalized spacial score (nSPS) is 12.1. The lowest BCUT2D eigenvalue weighted by molar-refractivity contribution is -0.133. The summed E-state index contributed by atoms with van der Waals surface area (Å²) in [6.07, 6.45) is 0. The number of hydrogen-bond acceptors (Lipinski definition) is 5. The van der Waals surface area contributed by atoms with Crippen LogP contribution in [0.5, 0.6) is 11.5 Å². The average molecular weight is 469 g/mol. The highest BCUT2D eigenvalue weighted by Crippen LogP contribution is 2.29. The number of carbonyl (C=O) groups is 1. The van der Waals surface area contributed by atoms with Gasteiger partial charge in [-0.05, 0) is 30.2 Å². The zero-order chi connectivity index (χ0) is 23.8. The van der Waals surface area contributed by atoms with E-state index in [9.17, 15) is 13.2 Å². The first kappa shape index (κ1) is 24.3. The molecular formula is C25H28N2O5S. The first-order valence-electron chi connectivity index (χ1n) is 10.4. The van der Waals surface area contributed by atoms with Crippen LogP contribution in [0.15, 0.2) is 83.8 Å². The molecule has 0 aliphatic rings. The van der Waals surface area contributed by atoms with E-state index in [1.807, 2.05) is 60.7 Å². The molecule has 3 rings (SSSR count). The molecule has 0 heterocycles. The van der Waals surface area contributed by atoms with Crippen LogP contribution >= 0.6 is 0 Å². The molecular weight excluding hydrogens is 440 g/mol. The predicted octanol–water partition coefficient (Wildman–Crippen LogP) is 3.60. The molecule has 3 aromatic carbocycles. The molecule has 0 radical (unpaired) electrons. The summed E-state index contributed by atoms with van der Waals surface area (Å²) in [6, 6.07) is 22.5. The van der Waals surface area contributed by atoms with E-state index in [-0.39, 0.29) is 16.6 Å². The second-order valence-electron chi connectivity index (χ2n) is 7.53. The molecule has 0 saturated carbocycles. The van der Waals surface area contributed by atoms with Crippen molar-refractivity contribution >= 4 is 15.9 Å². The van der Waals surface area contributed by atoms with Crippen molar-refractivity contribution in [1.82, 2.24) is 9.62 Å². The molecule has 8 heteroatoms. The third-order valence-electron chi connectivity index (χ3n) is 5.11. The van der Waals surface area contributed by atoms with Crippen LogP contribution in [0.4, 0.5) is 0 Å². The minimum Gasteiger partial charge on any atom is -0.493 e. The summed E-state index contributed by atoms with van der Waals surface area (Å²) in [5.41, 5.74) is 1.91. The highest BCUT2D eigenvalue weighted by atomic mass is 32.2. The number of hydrogen-bond donors (Lipinski definition) is 1. The summed E-state index contributed by atoms with van der Waals surface area (Å²) in [6.45, 7) is 2.26. The Labute approximate surface area is 195 Å². The topological polar surface area (TPSA) is 84.9 Å². The zero-order valence-corrected chi connectivity index (χ0v) is 19.7. The zero-order valence-electron chi connectivity index (χ0n) is 18.9. The van der Waals surface area contributed by atoms with Gasteiger partial charge in [0.25, 0.3) is 0 Å². The Hall–Kier alpha value is -3.36. The first-order valence-corrected chi connectivity index (χ1v) is 11.9. The standard InChI is InChI=1S/C25H28N2O5S/c1-19(26-33(29,30)22-14-15-23(31-2)24(16-22)32-3)25(28)27(17-20-10-6-4-7-11-20)18-21-12-8-5-9-13-21/h4-16,19,26H,17-18H2,1-3H3/t19-/m1/s1. The smallest absolute Gasteiger partial charge is 0.241 e. The Balaban J connectivity index is 1.81. The largest absolute Gasteiger partial charge is 0.493 e. The number of nitrogens with zero attached hydrogens (tertiary/aromatic N) is 1. The molecule has 0 saturated heterocycles. The molecule has 1 amide bonds. The Bertz CT molecular complexity index is 1130. The van der Waals surface area contributed by atoms with Crippen molar-refractivity contribution in [3.63, 3.8) is 0 Å². The maximum Gasteiger partial charge on any atom is 0.241 e. The summed E-state index contributed by atoms with van der Waals surface area (Å²) < 4.78 is 38.8. The van der Waals surface area contributed by atoms with Crippen LogP contribution in [0.25, 0.3) is 0 Å². The molecule has 0 fully saturated rings. The minimum absolute atomic E-state index is 0.0162. The van der Waals surface area contributed by atoms with Gasteiger partial charge in [0.1, 0.15) is 0 Å². The highest BCUT2D eigenvalue weighted by Gasteiger charge is 2.27. The molecule has 0 bridgehead atoms. The van der Waals surface area contributed by atoms with Crippen LogP contribution in [0.2, 0.25) is 0 Å². The number of rotatable bonds is 10. The summed E-state index contributed by atoms with van der Waals surface area (Å²) in [7, 11) is -1.07. The molecule has 7 nitrogen and oxygen atoms in total. The van der Waals surface area contributed by atoms with E-state index in [0.717, 1.165) is 11.1 Å². The third kappa shape index (κ3) is 6.34. The summed E-state index contributed by atoms with van der Waals surface area (Å²) in [4.78, 5) is 15.0. The quantitative estimate of drug-likeness (QED) is 0.492. The van der Waals surface area contributed by atoms with Gasteiger partial charge in [-0.3, -0.25) is 4.79 Å². The molecule has 3 aromatic rings. The van der Waals surface area contributed by atoms with E-state index >= 15 is 0 Å². The number of carbonyl (C=O) groups excluding carboxylic acids is 1. The van der Waals surface area contributed by atoms with Crippen molar-refractivity contribution in [3.05, 3.63) is 90.0 Å². The maximum atomic E-state index is 13.3. The lowest BCUT2D eigenvalue weighted by Gasteiger charge is -2.26. The second-order valence-corrected chi connectivity index (χ2v) is 9.24. The van der Waals surface area contributed by atoms with Gasteiger partial charge < -0.3 is 14.4 Å². The molecule has 33 heavy (non-hydrogen) atoms. The number of ether oxygens (including phenoxy) is 2. The van der Waals surface area contributed by atoms with Gasteiger partial charge in [0.2, 0.25) is 15.9 Å². The molecule has 0 aromatic heterocycles. The van der Waals surface area contributed by atoms with Crippen LogP contribution in [-0.2, 0) is 27.9 Å². The lowest BCUT2D eigenvalue weighted by Crippen LogP contribution is -2.46. The lowest BCUT2D eigenvalue weighted by atomic mass is 10.1. The Morgan fingerprint density at radius 3 is 1.85 bits per heavy atom. The van der Waals surface area contributed by atoms with Crippen LogP contribution in [0, 0.1) is 0 Å². The van der Waals surface area contributed by atoms with Crippen molar-refractivity contribution in [1.29, 1.82) is 0 Å². The van der Waals surface area contributed by atoms with Crippen LogP contribution in [-0.4, -0.2) is 39.5 Å². The molecule has 1 atom stereocenters. The van der Waals surface area contributed by atoms with Crippen molar-refractivity contribution < 1.29 is 22.7 Å². The summed E-state index contributed by atoms with van der Waals surface area (Å²) in [5, 5.41) is 0. The van der Waals surface area contributed by atoms with E-state index in [4.69, 9.17) is 9.47 Å². The van der Waals surface area contributed by atoms with Gasteiger partial charge in [0, 0.05) is 19.2 Å². The second kappa shape index (κ2) is 11.0. The fraction of sp³-hybridized carbons (Fsp3) is 0.240. The third-order valence-corrected chi connectivity index (χ3v) is 6.65. The Morgan fingerprint density at radius 1 is 0.848 bits per heavy atom. The van der Waals surface area contributed by atoms with Crippen LogP contribution in [0.1, 0.15) is 18.1 Å². The van der Waals surface area contributed by atoms with E-state index in [2.05, 4.69) is 4.72 Å². The number of methoxy groups -OCH3 is 2. The number of benzene rings is 3. The molecule has 174 valence electrons. The van der Waals surface area contributed by atoms with Gasteiger partial charge >= 0.3 is 0 Å². The maximum absolute atomic E-state index is 13.3. The fourth-order valence-corrected chi connectivity index (χ4v) is 4.64. The molecule has 1 N–H and O–H groups in total. The van der Waals surface area contributed by atoms with Gasteiger partial charge in [-0.25, -0.2) is 8.42 Å². The van der Waals surface area contributed by atoms with E-state index < -0.39 is 16.1 Å². The molecule has 0 unspecified atom stereocenters. The monoisotopic (exact) mass is 468 g/mol. The van der Waals surface area contributed by atoms with Gasteiger partial charge in [-0.1, -0.05) is 60.7 Å².